The van der Waals surface area contributed by atoms with Crippen molar-refractivity contribution in [3.63, 3.8) is 0 Å². The minimum absolute atomic E-state index is 0.161. The van der Waals surface area contributed by atoms with Gasteiger partial charge in [0.25, 0.3) is 10.0 Å². The van der Waals surface area contributed by atoms with Crippen LogP contribution in [0.5, 0.6) is 0 Å². The van der Waals surface area contributed by atoms with Gasteiger partial charge >= 0.3 is 0 Å². The van der Waals surface area contributed by atoms with Gasteiger partial charge in [-0.3, -0.25) is 9.10 Å². The molecule has 0 spiro atoms. The van der Waals surface area contributed by atoms with E-state index in [1.165, 1.54) is 4.31 Å². The number of hydrogen-bond donors (Lipinski definition) is 0. The Balaban J connectivity index is 1.91. The number of hydrogen-bond acceptors (Lipinski definition) is 3. The van der Waals surface area contributed by atoms with Crippen molar-refractivity contribution in [2.24, 2.45) is 0 Å². The molecule has 4 rings (SSSR count). The molecule has 2 atom stereocenters. The average molecular weight is 404 g/mol. The standard InChI is InChI=1S/C24H21NO3S/c1-3-20-21-11-7-8-12-22(21)25(23(20)24(26)18-9-5-4-6-10-18)29(27,28)19-15-13-17(2)14-16-19/h3-16,20,23H,1H2,2H3. The van der Waals surface area contributed by atoms with Crippen molar-refractivity contribution in [2.75, 3.05) is 4.31 Å². The first-order valence-corrected chi connectivity index (χ1v) is 10.8. The first-order valence-electron chi connectivity index (χ1n) is 9.37. The molecule has 0 aromatic heterocycles. The van der Waals surface area contributed by atoms with Crippen LogP contribution in [0.3, 0.4) is 0 Å². The van der Waals surface area contributed by atoms with Crippen LogP contribution in [0.1, 0.15) is 27.4 Å². The van der Waals surface area contributed by atoms with E-state index in [-0.39, 0.29) is 10.7 Å². The van der Waals surface area contributed by atoms with E-state index in [0.29, 0.717) is 11.3 Å². The Bertz CT molecular complexity index is 1170. The molecular weight excluding hydrogens is 382 g/mol. The van der Waals surface area contributed by atoms with Crippen LogP contribution in [0.25, 0.3) is 0 Å². The molecule has 0 bridgehead atoms. The zero-order chi connectivity index (χ0) is 20.6. The number of Topliss-reactive ketones (excluding diaryl/α,β-unsaturated/α-hetero) is 1. The smallest absolute Gasteiger partial charge is 0.265 e. The molecule has 29 heavy (non-hydrogen) atoms. The lowest BCUT2D eigenvalue weighted by molar-refractivity contribution is 0.0961. The van der Waals surface area contributed by atoms with Gasteiger partial charge in [0, 0.05) is 11.5 Å². The second kappa shape index (κ2) is 7.33. The SMILES string of the molecule is C=CC1c2ccccc2N(S(=O)(=O)c2ccc(C)cc2)C1C(=O)c1ccccc1. The van der Waals surface area contributed by atoms with E-state index in [4.69, 9.17) is 0 Å². The summed E-state index contributed by atoms with van der Waals surface area (Å²) in [6.07, 6.45) is 1.66. The van der Waals surface area contributed by atoms with Gasteiger partial charge in [-0.2, -0.15) is 0 Å². The normalized spacial score (nSPS) is 18.3. The Kier molecular flexibility index (Phi) is 4.84. The van der Waals surface area contributed by atoms with Crippen LogP contribution >= 0.6 is 0 Å². The first-order chi connectivity index (χ1) is 13.9. The van der Waals surface area contributed by atoms with Gasteiger partial charge < -0.3 is 0 Å². The number of rotatable bonds is 5. The maximum absolute atomic E-state index is 13.7. The second-order valence-corrected chi connectivity index (χ2v) is 8.92. The summed E-state index contributed by atoms with van der Waals surface area (Å²) in [6, 6.07) is 21.8. The Hall–Kier alpha value is -3.18. The molecule has 3 aromatic carbocycles. The molecule has 0 amide bonds. The van der Waals surface area contributed by atoms with Gasteiger partial charge in [0.1, 0.15) is 6.04 Å². The van der Waals surface area contributed by atoms with Crippen LogP contribution in [0.2, 0.25) is 0 Å². The van der Waals surface area contributed by atoms with Crippen LogP contribution in [0, 0.1) is 6.92 Å². The number of ketones is 1. The fourth-order valence-corrected chi connectivity index (χ4v) is 5.50. The number of sulfonamides is 1. The minimum atomic E-state index is -3.95. The molecule has 1 aliphatic rings. The van der Waals surface area contributed by atoms with Gasteiger partial charge in [-0.1, -0.05) is 72.3 Å². The third kappa shape index (κ3) is 3.17. The van der Waals surface area contributed by atoms with Crippen LogP contribution in [0.4, 0.5) is 5.69 Å². The minimum Gasteiger partial charge on any atom is -0.292 e. The van der Waals surface area contributed by atoms with Gasteiger partial charge in [-0.15, -0.1) is 6.58 Å². The molecule has 4 nitrogen and oxygen atoms in total. The largest absolute Gasteiger partial charge is 0.292 e. The first kappa shape index (κ1) is 19.2. The van der Waals surface area contributed by atoms with E-state index in [2.05, 4.69) is 6.58 Å². The maximum Gasteiger partial charge on any atom is 0.265 e. The number of carbonyl (C=O) groups is 1. The highest BCUT2D eigenvalue weighted by Crippen LogP contribution is 2.45. The number of fused-ring (bicyclic) bond motifs is 1. The van der Waals surface area contributed by atoms with E-state index in [0.717, 1.165) is 11.1 Å². The second-order valence-electron chi connectivity index (χ2n) is 7.11. The average Bonchev–Trinajstić information content (AvgIpc) is 3.09. The van der Waals surface area contributed by atoms with Crippen molar-refractivity contribution in [2.45, 2.75) is 23.8 Å². The van der Waals surface area contributed by atoms with Gasteiger partial charge in [0.15, 0.2) is 5.78 Å². The third-order valence-corrected chi connectivity index (χ3v) is 7.09. The van der Waals surface area contributed by atoms with E-state index in [1.807, 2.05) is 25.1 Å². The maximum atomic E-state index is 13.7. The monoisotopic (exact) mass is 403 g/mol. The number of anilines is 1. The lowest BCUT2D eigenvalue weighted by atomic mass is 9.90. The number of benzene rings is 3. The summed E-state index contributed by atoms with van der Waals surface area (Å²) in [6.45, 7) is 5.79. The van der Waals surface area contributed by atoms with Crippen molar-refractivity contribution in [3.8, 4) is 0 Å². The fourth-order valence-electron chi connectivity index (χ4n) is 3.84. The molecule has 1 heterocycles. The van der Waals surface area contributed by atoms with Crippen molar-refractivity contribution in [3.05, 3.63) is 108 Å². The van der Waals surface area contributed by atoms with E-state index in [9.17, 15) is 13.2 Å². The molecule has 2 unspecified atom stereocenters. The molecule has 146 valence electrons. The highest BCUT2D eigenvalue weighted by atomic mass is 32.2. The van der Waals surface area contributed by atoms with Crippen LogP contribution in [-0.4, -0.2) is 20.2 Å². The molecular formula is C24H21NO3S. The summed E-state index contributed by atoms with van der Waals surface area (Å²) < 4.78 is 28.6. The molecule has 3 aromatic rings. The Morgan fingerprint density at radius 3 is 2.21 bits per heavy atom. The molecule has 0 N–H and O–H groups in total. The summed E-state index contributed by atoms with van der Waals surface area (Å²) in [5, 5.41) is 0. The molecule has 0 saturated carbocycles. The van der Waals surface area contributed by atoms with Crippen LogP contribution in [0.15, 0.2) is 96.4 Å². The number of nitrogens with zero attached hydrogens (tertiary/aromatic N) is 1. The lowest BCUT2D eigenvalue weighted by Crippen LogP contribution is -2.44. The Labute approximate surface area is 171 Å². The van der Waals surface area contributed by atoms with Gasteiger partial charge in [0.05, 0.1) is 10.6 Å². The topological polar surface area (TPSA) is 54.5 Å². The van der Waals surface area contributed by atoms with Crippen molar-refractivity contribution < 1.29 is 13.2 Å². The van der Waals surface area contributed by atoms with Gasteiger partial charge in [-0.25, -0.2) is 8.42 Å². The van der Waals surface area contributed by atoms with Gasteiger partial charge in [-0.05, 0) is 30.7 Å². The molecule has 0 aliphatic carbocycles. The summed E-state index contributed by atoms with van der Waals surface area (Å²) in [5.41, 5.74) is 2.74. The predicted molar refractivity (Wildman–Crippen MR) is 115 cm³/mol. The molecule has 0 radical (unpaired) electrons. The number of aryl methyl sites for hydroxylation is 1. The molecule has 1 aliphatic heterocycles. The zero-order valence-electron chi connectivity index (χ0n) is 16.0. The Morgan fingerprint density at radius 2 is 1.55 bits per heavy atom. The van der Waals surface area contributed by atoms with Crippen molar-refractivity contribution in [1.29, 1.82) is 0 Å². The van der Waals surface area contributed by atoms with E-state index in [1.54, 1.807) is 66.7 Å². The quantitative estimate of drug-likeness (QED) is 0.457. The summed E-state index contributed by atoms with van der Waals surface area (Å²) >= 11 is 0. The fraction of sp³-hybridized carbons (Fsp3) is 0.125. The molecule has 0 saturated heterocycles. The summed E-state index contributed by atoms with van der Waals surface area (Å²) in [7, 11) is -3.95. The molecule has 5 heteroatoms. The van der Waals surface area contributed by atoms with Gasteiger partial charge in [0.2, 0.25) is 0 Å². The third-order valence-electron chi connectivity index (χ3n) is 5.28. The van der Waals surface area contributed by atoms with E-state index >= 15 is 0 Å². The van der Waals surface area contributed by atoms with E-state index < -0.39 is 22.0 Å². The molecule has 0 fully saturated rings. The van der Waals surface area contributed by atoms with Crippen molar-refractivity contribution >= 4 is 21.5 Å². The van der Waals surface area contributed by atoms with Crippen LogP contribution < -0.4 is 4.31 Å². The number of carbonyl (C=O) groups excluding carboxylic acids is 1. The lowest BCUT2D eigenvalue weighted by Gasteiger charge is -2.28. The van der Waals surface area contributed by atoms with Crippen LogP contribution in [-0.2, 0) is 10.0 Å². The Morgan fingerprint density at radius 1 is 0.931 bits per heavy atom. The predicted octanol–water partition coefficient (Wildman–Crippen LogP) is 4.73. The number of para-hydroxylation sites is 1. The van der Waals surface area contributed by atoms with Crippen molar-refractivity contribution in [1.82, 2.24) is 0 Å². The summed E-state index contributed by atoms with van der Waals surface area (Å²) in [5.74, 6) is -0.679. The highest BCUT2D eigenvalue weighted by molar-refractivity contribution is 7.93. The zero-order valence-corrected chi connectivity index (χ0v) is 16.8. The highest BCUT2D eigenvalue weighted by Gasteiger charge is 2.47. The summed E-state index contributed by atoms with van der Waals surface area (Å²) in [4.78, 5) is 13.6.